The van der Waals surface area contributed by atoms with E-state index in [1.165, 1.54) is 11.3 Å². The van der Waals surface area contributed by atoms with Crippen molar-refractivity contribution in [3.63, 3.8) is 0 Å². The highest BCUT2D eigenvalue weighted by molar-refractivity contribution is 7.21. The van der Waals surface area contributed by atoms with E-state index in [0.717, 1.165) is 11.1 Å². The quantitative estimate of drug-likeness (QED) is 0.754. The van der Waals surface area contributed by atoms with Crippen LogP contribution in [0.4, 0.5) is 5.69 Å². The number of nitrogen functional groups attached to an aromatic ring is 1. The van der Waals surface area contributed by atoms with Crippen molar-refractivity contribution >= 4 is 39.1 Å². The number of nitrogens with two attached hydrogens (primary N) is 1. The number of pyridine rings is 1. The van der Waals surface area contributed by atoms with Gasteiger partial charge in [0.15, 0.2) is 0 Å². The van der Waals surface area contributed by atoms with Crippen LogP contribution < -0.4 is 16.4 Å². The molecule has 0 saturated heterocycles. The van der Waals surface area contributed by atoms with Crippen molar-refractivity contribution in [3.8, 4) is 0 Å². The monoisotopic (exact) mass is 306 g/mol. The number of thiophene rings is 1. The molecule has 112 valence electrons. The number of fused-ring (bicyclic) bond motifs is 1. The Hall–Kier alpha value is -2.15. The second-order valence-electron chi connectivity index (χ2n) is 4.55. The van der Waals surface area contributed by atoms with Gasteiger partial charge in [0, 0.05) is 25.7 Å². The van der Waals surface area contributed by atoms with Crippen molar-refractivity contribution in [3.05, 3.63) is 23.2 Å². The van der Waals surface area contributed by atoms with E-state index in [1.807, 2.05) is 13.0 Å². The lowest BCUT2D eigenvalue weighted by molar-refractivity contribution is -0.120. The standard InChI is InChI=1S/C14H18N4O2S/c1-2-6-16-10(19)5-8-18-14(20)13-11(15)12-9(21-13)4-3-7-17-12/h3-4,7H,2,5-6,8,15H2,1H3,(H,16,19)(H,18,20). The summed E-state index contributed by atoms with van der Waals surface area (Å²) in [6, 6.07) is 3.68. The fourth-order valence-electron chi connectivity index (χ4n) is 1.84. The molecule has 0 aliphatic heterocycles. The summed E-state index contributed by atoms with van der Waals surface area (Å²) in [6.45, 7) is 2.93. The van der Waals surface area contributed by atoms with E-state index >= 15 is 0 Å². The minimum absolute atomic E-state index is 0.0665. The summed E-state index contributed by atoms with van der Waals surface area (Å²) in [5, 5.41) is 5.47. The van der Waals surface area contributed by atoms with Crippen LogP contribution in [0.3, 0.4) is 0 Å². The Morgan fingerprint density at radius 3 is 2.86 bits per heavy atom. The van der Waals surface area contributed by atoms with E-state index in [9.17, 15) is 9.59 Å². The molecule has 0 radical (unpaired) electrons. The van der Waals surface area contributed by atoms with Crippen LogP contribution in [0.15, 0.2) is 18.3 Å². The maximum atomic E-state index is 12.1. The summed E-state index contributed by atoms with van der Waals surface area (Å²) in [7, 11) is 0. The first kappa shape index (κ1) is 15.2. The van der Waals surface area contributed by atoms with E-state index in [4.69, 9.17) is 5.73 Å². The number of aromatic nitrogens is 1. The molecule has 4 N–H and O–H groups in total. The van der Waals surface area contributed by atoms with Crippen LogP contribution in [0, 0.1) is 0 Å². The first-order chi connectivity index (χ1) is 10.1. The number of carbonyl (C=O) groups excluding carboxylic acids is 2. The van der Waals surface area contributed by atoms with Crippen molar-refractivity contribution < 1.29 is 9.59 Å². The van der Waals surface area contributed by atoms with Crippen molar-refractivity contribution in [2.75, 3.05) is 18.8 Å². The molecular formula is C14H18N4O2S. The normalized spacial score (nSPS) is 10.5. The summed E-state index contributed by atoms with van der Waals surface area (Å²) >= 11 is 1.30. The number of amides is 2. The molecule has 0 aliphatic carbocycles. The average molecular weight is 306 g/mol. The molecular weight excluding hydrogens is 288 g/mol. The van der Waals surface area contributed by atoms with Crippen molar-refractivity contribution in [1.29, 1.82) is 0 Å². The lowest BCUT2D eigenvalue weighted by Gasteiger charge is -2.05. The van der Waals surface area contributed by atoms with Crippen molar-refractivity contribution in [2.24, 2.45) is 0 Å². The Kier molecular flexibility index (Phi) is 5.10. The first-order valence-corrected chi connectivity index (χ1v) is 7.63. The molecule has 21 heavy (non-hydrogen) atoms. The third kappa shape index (κ3) is 3.69. The number of nitrogens with one attached hydrogen (secondary N) is 2. The Labute approximate surface area is 126 Å². The van der Waals surface area contributed by atoms with Gasteiger partial charge in [-0.05, 0) is 18.6 Å². The molecule has 0 unspecified atom stereocenters. The van der Waals surface area contributed by atoms with Gasteiger partial charge in [-0.3, -0.25) is 14.6 Å². The van der Waals surface area contributed by atoms with Gasteiger partial charge >= 0.3 is 0 Å². The van der Waals surface area contributed by atoms with E-state index < -0.39 is 0 Å². The van der Waals surface area contributed by atoms with Crippen molar-refractivity contribution in [1.82, 2.24) is 15.6 Å². The summed E-state index contributed by atoms with van der Waals surface area (Å²) < 4.78 is 0.876. The molecule has 0 atom stereocenters. The maximum absolute atomic E-state index is 12.1. The van der Waals surface area contributed by atoms with Crippen LogP contribution >= 0.6 is 11.3 Å². The minimum atomic E-state index is -0.265. The van der Waals surface area contributed by atoms with Crippen LogP contribution in [-0.2, 0) is 4.79 Å². The molecule has 0 aliphatic rings. The van der Waals surface area contributed by atoms with E-state index in [-0.39, 0.29) is 24.8 Å². The maximum Gasteiger partial charge on any atom is 0.263 e. The van der Waals surface area contributed by atoms with Crippen LogP contribution in [0.5, 0.6) is 0 Å². The summed E-state index contributed by atoms with van der Waals surface area (Å²) in [4.78, 5) is 28.1. The fraction of sp³-hybridized carbons (Fsp3) is 0.357. The lowest BCUT2D eigenvalue weighted by atomic mass is 10.3. The van der Waals surface area contributed by atoms with Crippen LogP contribution in [-0.4, -0.2) is 29.9 Å². The number of carbonyl (C=O) groups is 2. The number of hydrogen-bond acceptors (Lipinski definition) is 5. The molecule has 0 saturated carbocycles. The van der Waals surface area contributed by atoms with Gasteiger partial charge < -0.3 is 16.4 Å². The van der Waals surface area contributed by atoms with Gasteiger partial charge in [-0.15, -0.1) is 11.3 Å². The molecule has 2 amide bonds. The molecule has 2 aromatic heterocycles. The molecule has 2 aromatic rings. The average Bonchev–Trinajstić information content (AvgIpc) is 2.83. The lowest BCUT2D eigenvalue weighted by Crippen LogP contribution is -2.30. The zero-order chi connectivity index (χ0) is 15.2. The zero-order valence-electron chi connectivity index (χ0n) is 11.8. The van der Waals surface area contributed by atoms with Crippen LogP contribution in [0.2, 0.25) is 0 Å². The van der Waals surface area contributed by atoms with E-state index in [0.29, 0.717) is 22.6 Å². The SMILES string of the molecule is CCCNC(=O)CCNC(=O)c1sc2cccnc2c1N. The fourth-order valence-corrected chi connectivity index (χ4v) is 2.84. The van der Waals surface area contributed by atoms with Gasteiger partial charge in [0.25, 0.3) is 5.91 Å². The zero-order valence-corrected chi connectivity index (χ0v) is 12.6. The minimum Gasteiger partial charge on any atom is -0.396 e. The van der Waals surface area contributed by atoms with Gasteiger partial charge in [-0.2, -0.15) is 0 Å². The Balaban J connectivity index is 1.93. The third-order valence-electron chi connectivity index (χ3n) is 2.90. The highest BCUT2D eigenvalue weighted by atomic mass is 32.1. The second kappa shape index (κ2) is 7.03. The van der Waals surface area contributed by atoms with Gasteiger partial charge in [-0.25, -0.2) is 0 Å². The second-order valence-corrected chi connectivity index (χ2v) is 5.60. The summed E-state index contributed by atoms with van der Waals surface area (Å²) in [5.74, 6) is -0.332. The molecule has 0 aromatic carbocycles. The highest BCUT2D eigenvalue weighted by Gasteiger charge is 2.16. The number of rotatable bonds is 6. The first-order valence-electron chi connectivity index (χ1n) is 6.81. The largest absolute Gasteiger partial charge is 0.396 e. The van der Waals surface area contributed by atoms with Crippen LogP contribution in [0.1, 0.15) is 29.4 Å². The predicted molar refractivity (Wildman–Crippen MR) is 84.3 cm³/mol. The Morgan fingerprint density at radius 2 is 2.14 bits per heavy atom. The Morgan fingerprint density at radius 1 is 1.33 bits per heavy atom. The van der Waals surface area contributed by atoms with Gasteiger partial charge in [0.2, 0.25) is 5.91 Å². The molecule has 0 spiro atoms. The molecule has 2 heterocycles. The topological polar surface area (TPSA) is 97.1 Å². The van der Waals surface area contributed by atoms with E-state index in [1.54, 1.807) is 12.3 Å². The summed E-state index contributed by atoms with van der Waals surface area (Å²) in [5.41, 5.74) is 6.98. The molecule has 2 rings (SSSR count). The highest BCUT2D eigenvalue weighted by Crippen LogP contribution is 2.31. The van der Waals surface area contributed by atoms with Gasteiger partial charge in [0.1, 0.15) is 10.4 Å². The Bertz CT molecular complexity index is 653. The van der Waals surface area contributed by atoms with Crippen molar-refractivity contribution in [2.45, 2.75) is 19.8 Å². The number of anilines is 1. The number of hydrogen-bond donors (Lipinski definition) is 3. The van der Waals surface area contributed by atoms with E-state index in [2.05, 4.69) is 15.6 Å². The third-order valence-corrected chi connectivity index (χ3v) is 4.06. The molecule has 0 bridgehead atoms. The smallest absolute Gasteiger partial charge is 0.263 e. The van der Waals surface area contributed by atoms with Gasteiger partial charge in [0.05, 0.1) is 10.4 Å². The molecule has 0 fully saturated rings. The molecule has 6 nitrogen and oxygen atoms in total. The van der Waals surface area contributed by atoms with Gasteiger partial charge in [-0.1, -0.05) is 6.92 Å². The number of nitrogens with zero attached hydrogens (tertiary/aromatic N) is 1. The predicted octanol–water partition coefficient (Wildman–Crippen LogP) is 1.52. The van der Waals surface area contributed by atoms with Crippen LogP contribution in [0.25, 0.3) is 10.2 Å². The summed E-state index contributed by atoms with van der Waals surface area (Å²) in [6.07, 6.45) is 2.80. The molecule has 7 heteroatoms.